The molecule has 0 spiro atoms. The molecule has 0 radical (unpaired) electrons. The lowest BCUT2D eigenvalue weighted by Gasteiger charge is -2.27. The number of nitrogens with zero attached hydrogens (tertiary/aromatic N) is 2. The summed E-state index contributed by atoms with van der Waals surface area (Å²) in [5, 5.41) is 3.95. The molecular formula is C22H29N3O5S. The SMILES string of the molecule is CCCCOc1ccc(C=NNC(=O)[C@@H](C)N(c2ccc(OC)cc2)S(C)(=O)=O)cc1. The van der Waals surface area contributed by atoms with Gasteiger partial charge in [0.25, 0.3) is 5.91 Å². The van der Waals surface area contributed by atoms with Crippen LogP contribution in [0.15, 0.2) is 53.6 Å². The number of hydrazone groups is 1. The smallest absolute Gasteiger partial charge is 0.263 e. The molecule has 1 N–H and O–H groups in total. The average molecular weight is 448 g/mol. The zero-order valence-corrected chi connectivity index (χ0v) is 19.1. The van der Waals surface area contributed by atoms with Crippen molar-refractivity contribution in [3.05, 3.63) is 54.1 Å². The van der Waals surface area contributed by atoms with Crippen LogP contribution in [-0.2, 0) is 14.8 Å². The van der Waals surface area contributed by atoms with Crippen molar-refractivity contribution >= 4 is 27.8 Å². The van der Waals surface area contributed by atoms with Crippen LogP contribution < -0.4 is 19.2 Å². The van der Waals surface area contributed by atoms with Gasteiger partial charge in [0, 0.05) is 0 Å². The van der Waals surface area contributed by atoms with E-state index >= 15 is 0 Å². The number of unbranched alkanes of at least 4 members (excludes halogenated alkanes) is 1. The van der Waals surface area contributed by atoms with Gasteiger partial charge in [0.2, 0.25) is 10.0 Å². The Morgan fingerprint density at radius 1 is 1.13 bits per heavy atom. The predicted octanol–water partition coefficient (Wildman–Crippen LogP) is 3.18. The second kappa shape index (κ2) is 11.4. The summed E-state index contributed by atoms with van der Waals surface area (Å²) in [7, 11) is -2.19. The molecule has 2 aromatic carbocycles. The van der Waals surface area contributed by atoms with Gasteiger partial charge in [-0.1, -0.05) is 13.3 Å². The molecule has 1 amide bonds. The van der Waals surface area contributed by atoms with E-state index in [1.165, 1.54) is 20.2 Å². The predicted molar refractivity (Wildman–Crippen MR) is 122 cm³/mol. The summed E-state index contributed by atoms with van der Waals surface area (Å²) in [4.78, 5) is 12.5. The van der Waals surface area contributed by atoms with Gasteiger partial charge >= 0.3 is 0 Å². The van der Waals surface area contributed by atoms with E-state index in [0.717, 1.165) is 34.7 Å². The minimum absolute atomic E-state index is 0.355. The van der Waals surface area contributed by atoms with Crippen LogP contribution in [0.1, 0.15) is 32.3 Å². The van der Waals surface area contributed by atoms with Crippen molar-refractivity contribution in [2.24, 2.45) is 5.10 Å². The third-order valence-electron chi connectivity index (χ3n) is 4.45. The van der Waals surface area contributed by atoms with Gasteiger partial charge in [-0.05, 0) is 67.4 Å². The first-order chi connectivity index (χ1) is 14.8. The van der Waals surface area contributed by atoms with Crippen LogP contribution in [-0.4, -0.2) is 46.6 Å². The largest absolute Gasteiger partial charge is 0.497 e. The Kier molecular flexibility index (Phi) is 8.87. The van der Waals surface area contributed by atoms with Crippen molar-refractivity contribution in [1.82, 2.24) is 5.43 Å². The summed E-state index contributed by atoms with van der Waals surface area (Å²) < 4.78 is 36.4. The number of hydrogen-bond donors (Lipinski definition) is 1. The first-order valence-corrected chi connectivity index (χ1v) is 11.8. The maximum absolute atomic E-state index is 12.5. The Labute approximate surface area is 183 Å². The van der Waals surface area contributed by atoms with E-state index in [0.29, 0.717) is 18.0 Å². The van der Waals surface area contributed by atoms with Crippen molar-refractivity contribution in [2.75, 3.05) is 24.3 Å². The van der Waals surface area contributed by atoms with Crippen LogP contribution in [0.25, 0.3) is 0 Å². The lowest BCUT2D eigenvalue weighted by atomic mass is 10.2. The van der Waals surface area contributed by atoms with Crippen molar-refractivity contribution < 1.29 is 22.7 Å². The van der Waals surface area contributed by atoms with E-state index in [1.807, 2.05) is 24.3 Å². The molecule has 0 fully saturated rings. The van der Waals surface area contributed by atoms with E-state index in [4.69, 9.17) is 9.47 Å². The van der Waals surface area contributed by atoms with E-state index in [-0.39, 0.29) is 0 Å². The van der Waals surface area contributed by atoms with Crippen LogP contribution in [0.5, 0.6) is 11.5 Å². The topological polar surface area (TPSA) is 97.3 Å². The summed E-state index contributed by atoms with van der Waals surface area (Å²) in [5.41, 5.74) is 3.53. The van der Waals surface area contributed by atoms with E-state index in [9.17, 15) is 13.2 Å². The Morgan fingerprint density at radius 2 is 1.74 bits per heavy atom. The van der Waals surface area contributed by atoms with Crippen LogP contribution in [0.3, 0.4) is 0 Å². The lowest BCUT2D eigenvalue weighted by molar-refractivity contribution is -0.121. The number of hydrogen-bond acceptors (Lipinski definition) is 6. The highest BCUT2D eigenvalue weighted by Crippen LogP contribution is 2.23. The molecule has 0 heterocycles. The number of methoxy groups -OCH3 is 1. The van der Waals surface area contributed by atoms with E-state index < -0.39 is 22.0 Å². The molecule has 0 aliphatic carbocycles. The molecule has 0 aliphatic rings. The van der Waals surface area contributed by atoms with Crippen LogP contribution in [0, 0.1) is 0 Å². The number of rotatable bonds is 11. The molecule has 2 rings (SSSR count). The van der Waals surface area contributed by atoms with Crippen LogP contribution >= 0.6 is 0 Å². The fraction of sp³-hybridized carbons (Fsp3) is 0.364. The Bertz CT molecular complexity index is 973. The molecule has 9 heteroatoms. The standard InChI is InChI=1S/C22H29N3O5S/c1-5-6-15-30-21-11-7-18(8-12-21)16-23-24-22(26)17(2)25(31(4,27)28)19-9-13-20(29-3)14-10-19/h7-14,16-17H,5-6,15H2,1-4H3,(H,24,26)/t17-/m1/s1. The summed E-state index contributed by atoms with van der Waals surface area (Å²) in [6, 6.07) is 12.7. The highest BCUT2D eigenvalue weighted by atomic mass is 32.2. The number of carbonyl (C=O) groups excluding carboxylic acids is 1. The molecule has 0 aliphatic heterocycles. The van der Waals surface area contributed by atoms with Gasteiger partial charge in [0.1, 0.15) is 17.5 Å². The first kappa shape index (κ1) is 24.2. The van der Waals surface area contributed by atoms with Gasteiger partial charge in [0.15, 0.2) is 0 Å². The molecule has 2 aromatic rings. The van der Waals surface area contributed by atoms with E-state index in [1.54, 1.807) is 24.3 Å². The second-order valence-corrected chi connectivity index (χ2v) is 8.80. The van der Waals surface area contributed by atoms with Crippen molar-refractivity contribution in [1.29, 1.82) is 0 Å². The molecule has 1 atom stereocenters. The van der Waals surface area contributed by atoms with Gasteiger partial charge in [-0.3, -0.25) is 9.10 Å². The highest BCUT2D eigenvalue weighted by Gasteiger charge is 2.29. The van der Waals surface area contributed by atoms with Gasteiger partial charge in [0.05, 0.1) is 31.9 Å². The fourth-order valence-corrected chi connectivity index (χ4v) is 3.96. The molecule has 0 aromatic heterocycles. The quantitative estimate of drug-likeness (QED) is 0.324. The number of benzene rings is 2. The summed E-state index contributed by atoms with van der Waals surface area (Å²) in [6.45, 7) is 4.27. The fourth-order valence-electron chi connectivity index (χ4n) is 2.79. The molecule has 0 unspecified atom stereocenters. The number of nitrogens with one attached hydrogen (secondary N) is 1. The van der Waals surface area contributed by atoms with Gasteiger partial charge in [-0.15, -0.1) is 0 Å². The van der Waals surface area contributed by atoms with E-state index in [2.05, 4.69) is 17.5 Å². The lowest BCUT2D eigenvalue weighted by Crippen LogP contribution is -2.46. The van der Waals surface area contributed by atoms with Crippen LogP contribution in [0.2, 0.25) is 0 Å². The summed E-state index contributed by atoms with van der Waals surface area (Å²) >= 11 is 0. The first-order valence-electron chi connectivity index (χ1n) is 9.95. The molecule has 0 saturated carbocycles. The minimum atomic E-state index is -3.71. The zero-order chi connectivity index (χ0) is 22.9. The Morgan fingerprint density at radius 3 is 2.29 bits per heavy atom. The Hall–Kier alpha value is -3.07. The average Bonchev–Trinajstić information content (AvgIpc) is 2.74. The monoisotopic (exact) mass is 447 g/mol. The molecule has 0 saturated heterocycles. The summed E-state index contributed by atoms with van der Waals surface area (Å²) in [6.07, 6.45) is 4.60. The van der Waals surface area contributed by atoms with Crippen molar-refractivity contribution in [3.8, 4) is 11.5 Å². The highest BCUT2D eigenvalue weighted by molar-refractivity contribution is 7.92. The van der Waals surface area contributed by atoms with Crippen molar-refractivity contribution in [3.63, 3.8) is 0 Å². The normalized spacial score (nSPS) is 12.4. The minimum Gasteiger partial charge on any atom is -0.497 e. The number of carbonyl (C=O) groups is 1. The third kappa shape index (κ3) is 7.29. The second-order valence-electron chi connectivity index (χ2n) is 6.94. The zero-order valence-electron chi connectivity index (χ0n) is 18.2. The number of anilines is 1. The van der Waals surface area contributed by atoms with Crippen molar-refractivity contribution in [2.45, 2.75) is 32.7 Å². The third-order valence-corrected chi connectivity index (χ3v) is 5.69. The molecule has 168 valence electrons. The number of amides is 1. The molecule has 31 heavy (non-hydrogen) atoms. The van der Waals surface area contributed by atoms with Gasteiger partial charge in [-0.25, -0.2) is 13.8 Å². The summed E-state index contributed by atoms with van der Waals surface area (Å²) in [5.74, 6) is 0.796. The molecular weight excluding hydrogens is 418 g/mol. The maximum Gasteiger partial charge on any atom is 0.263 e. The molecule has 0 bridgehead atoms. The molecule has 8 nitrogen and oxygen atoms in total. The Balaban J connectivity index is 2.03. The van der Waals surface area contributed by atoms with Gasteiger partial charge < -0.3 is 9.47 Å². The van der Waals surface area contributed by atoms with Crippen LogP contribution in [0.4, 0.5) is 5.69 Å². The maximum atomic E-state index is 12.5. The van der Waals surface area contributed by atoms with Gasteiger partial charge in [-0.2, -0.15) is 5.10 Å². The number of sulfonamides is 1. The number of ether oxygens (including phenoxy) is 2.